The van der Waals surface area contributed by atoms with Gasteiger partial charge in [-0.05, 0) is 60.7 Å². The summed E-state index contributed by atoms with van der Waals surface area (Å²) in [4.78, 5) is 17.1. The van der Waals surface area contributed by atoms with Crippen LogP contribution in [0.2, 0.25) is 0 Å². The lowest BCUT2D eigenvalue weighted by atomic mass is 9.83. The molecule has 0 unspecified atom stereocenters. The number of rotatable bonds is 6. The van der Waals surface area contributed by atoms with Crippen LogP contribution >= 0.6 is 11.8 Å². The number of hydrogen-bond acceptors (Lipinski definition) is 4. The number of aromatic carboxylic acids is 1. The van der Waals surface area contributed by atoms with Crippen molar-refractivity contribution in [1.82, 2.24) is 4.98 Å². The summed E-state index contributed by atoms with van der Waals surface area (Å²) in [6.45, 7) is 0.652. The first-order valence-corrected chi connectivity index (χ1v) is 10.4. The van der Waals surface area contributed by atoms with Crippen LogP contribution in [0.3, 0.4) is 0 Å². The van der Waals surface area contributed by atoms with Crippen LogP contribution in [0.25, 0.3) is 0 Å². The average Bonchev–Trinajstić information content (AvgIpc) is 2.74. The van der Waals surface area contributed by atoms with Crippen LogP contribution < -0.4 is 5.32 Å². The highest BCUT2D eigenvalue weighted by atomic mass is 32.2. The summed E-state index contributed by atoms with van der Waals surface area (Å²) in [5.41, 5.74) is 3.34. The van der Waals surface area contributed by atoms with Gasteiger partial charge in [-0.1, -0.05) is 30.0 Å². The number of aromatic nitrogens is 1. The number of aryl methyl sites for hydroxylation is 1. The van der Waals surface area contributed by atoms with Gasteiger partial charge in [0.2, 0.25) is 0 Å². The van der Waals surface area contributed by atoms with E-state index in [9.17, 15) is 14.3 Å². The summed E-state index contributed by atoms with van der Waals surface area (Å²) in [7, 11) is 0. The van der Waals surface area contributed by atoms with Crippen molar-refractivity contribution >= 4 is 23.4 Å². The Morgan fingerprint density at radius 2 is 2.10 bits per heavy atom. The number of anilines is 1. The Morgan fingerprint density at radius 3 is 2.93 bits per heavy atom. The van der Waals surface area contributed by atoms with E-state index in [2.05, 4.69) is 22.4 Å². The van der Waals surface area contributed by atoms with Gasteiger partial charge in [0.25, 0.3) is 0 Å². The van der Waals surface area contributed by atoms with Crippen molar-refractivity contribution in [3.63, 3.8) is 0 Å². The molecule has 1 aliphatic carbocycles. The molecular weight excluding hydrogens is 387 g/mol. The minimum Gasteiger partial charge on any atom is -0.478 e. The third kappa shape index (κ3) is 4.43. The highest BCUT2D eigenvalue weighted by Crippen LogP contribution is 2.37. The molecule has 0 saturated carbocycles. The lowest BCUT2D eigenvalue weighted by molar-refractivity contribution is 0.0697. The summed E-state index contributed by atoms with van der Waals surface area (Å²) in [6, 6.07) is 14.6. The van der Waals surface area contributed by atoms with Crippen molar-refractivity contribution in [1.29, 1.82) is 0 Å². The largest absolute Gasteiger partial charge is 0.478 e. The first kappa shape index (κ1) is 19.5. The maximum absolute atomic E-state index is 14.0. The predicted molar refractivity (Wildman–Crippen MR) is 112 cm³/mol. The van der Waals surface area contributed by atoms with Crippen molar-refractivity contribution < 1.29 is 14.3 Å². The van der Waals surface area contributed by atoms with E-state index < -0.39 is 5.97 Å². The average molecular weight is 408 g/mol. The third-order valence-electron chi connectivity index (χ3n) is 5.21. The number of nitrogens with zero attached hydrogens (tertiary/aromatic N) is 1. The number of carboxylic acid groups (broad SMARTS) is 1. The standard InChI is InChI=1S/C23H21FN2O2S/c24-20-6-1-2-7-22(20)29-17-8-9-18-15(12-17)4-3-5-16(18)13-26-21-14-25-11-10-19(21)23(27)28/h1-2,6-12,14,16,26H,3-5,13H2,(H,27,28)/t16-/m0/s1. The van der Waals surface area contributed by atoms with Crippen LogP contribution in [0.15, 0.2) is 70.7 Å². The van der Waals surface area contributed by atoms with Crippen molar-refractivity contribution in [2.24, 2.45) is 0 Å². The lowest BCUT2D eigenvalue weighted by Gasteiger charge is -2.27. The van der Waals surface area contributed by atoms with Gasteiger partial charge in [-0.3, -0.25) is 4.98 Å². The second-order valence-electron chi connectivity index (χ2n) is 7.09. The zero-order valence-electron chi connectivity index (χ0n) is 15.8. The van der Waals surface area contributed by atoms with Crippen molar-refractivity contribution in [3.8, 4) is 0 Å². The van der Waals surface area contributed by atoms with Gasteiger partial charge in [0.05, 0.1) is 17.4 Å². The van der Waals surface area contributed by atoms with Crippen LogP contribution in [0.4, 0.5) is 10.1 Å². The third-order valence-corrected chi connectivity index (χ3v) is 6.25. The first-order valence-electron chi connectivity index (χ1n) is 9.58. The molecule has 0 radical (unpaired) electrons. The number of carbonyl (C=O) groups is 1. The normalized spacial score (nSPS) is 15.6. The molecule has 1 aromatic heterocycles. The molecule has 0 bridgehead atoms. The fourth-order valence-electron chi connectivity index (χ4n) is 3.78. The topological polar surface area (TPSA) is 62.2 Å². The molecule has 3 aromatic rings. The Labute approximate surface area is 173 Å². The van der Waals surface area contributed by atoms with E-state index in [0.717, 1.165) is 24.2 Å². The quantitative estimate of drug-likeness (QED) is 0.556. The maximum atomic E-state index is 14.0. The van der Waals surface area contributed by atoms with E-state index in [1.807, 2.05) is 12.1 Å². The summed E-state index contributed by atoms with van der Waals surface area (Å²) in [5, 5.41) is 12.6. The molecule has 0 saturated heterocycles. The molecule has 148 valence electrons. The minimum absolute atomic E-state index is 0.206. The molecule has 1 aliphatic rings. The van der Waals surface area contributed by atoms with Gasteiger partial charge in [0.1, 0.15) is 5.82 Å². The molecule has 0 spiro atoms. The Bertz CT molecular complexity index is 1040. The molecular formula is C23H21FN2O2S. The van der Waals surface area contributed by atoms with E-state index in [-0.39, 0.29) is 11.4 Å². The van der Waals surface area contributed by atoms with E-state index in [1.165, 1.54) is 41.2 Å². The minimum atomic E-state index is -0.964. The molecule has 0 aliphatic heterocycles. The Hall–Kier alpha value is -2.86. The van der Waals surface area contributed by atoms with Crippen LogP contribution in [-0.4, -0.2) is 22.6 Å². The Morgan fingerprint density at radius 1 is 1.24 bits per heavy atom. The van der Waals surface area contributed by atoms with E-state index in [4.69, 9.17) is 0 Å². The SMILES string of the molecule is O=C(O)c1ccncc1NC[C@@H]1CCCc2cc(Sc3ccccc3F)ccc21. The predicted octanol–water partition coefficient (Wildman–Crippen LogP) is 5.60. The molecule has 4 rings (SSSR count). The van der Waals surface area contributed by atoms with Crippen LogP contribution in [0.5, 0.6) is 0 Å². The fraction of sp³-hybridized carbons (Fsp3) is 0.217. The number of pyridine rings is 1. The monoisotopic (exact) mass is 408 g/mol. The summed E-state index contributed by atoms with van der Waals surface area (Å²) < 4.78 is 14.0. The van der Waals surface area contributed by atoms with Crippen LogP contribution in [-0.2, 0) is 6.42 Å². The molecule has 4 nitrogen and oxygen atoms in total. The zero-order valence-corrected chi connectivity index (χ0v) is 16.6. The number of fused-ring (bicyclic) bond motifs is 1. The van der Waals surface area contributed by atoms with E-state index in [1.54, 1.807) is 18.3 Å². The molecule has 2 N–H and O–H groups in total. The number of hydrogen-bond donors (Lipinski definition) is 2. The Kier molecular flexibility index (Phi) is 5.81. The van der Waals surface area contributed by atoms with Gasteiger partial charge in [-0.2, -0.15) is 0 Å². The zero-order chi connectivity index (χ0) is 20.2. The number of carboxylic acids is 1. The molecule has 1 heterocycles. The summed E-state index contributed by atoms with van der Waals surface area (Å²) in [5.74, 6) is -0.870. The van der Waals surface area contributed by atoms with Crippen molar-refractivity contribution in [2.45, 2.75) is 35.0 Å². The molecule has 2 aromatic carbocycles. The van der Waals surface area contributed by atoms with E-state index in [0.29, 0.717) is 23.0 Å². The summed E-state index contributed by atoms with van der Waals surface area (Å²) >= 11 is 1.44. The van der Waals surface area contributed by atoms with Gasteiger partial charge in [-0.25, -0.2) is 9.18 Å². The van der Waals surface area contributed by atoms with Gasteiger partial charge in [-0.15, -0.1) is 0 Å². The molecule has 29 heavy (non-hydrogen) atoms. The van der Waals surface area contributed by atoms with Gasteiger partial charge >= 0.3 is 5.97 Å². The van der Waals surface area contributed by atoms with E-state index >= 15 is 0 Å². The number of nitrogens with one attached hydrogen (secondary N) is 1. The molecule has 0 amide bonds. The van der Waals surface area contributed by atoms with Gasteiger partial charge in [0.15, 0.2) is 0 Å². The summed E-state index contributed by atoms with van der Waals surface area (Å²) in [6.07, 6.45) is 6.17. The van der Waals surface area contributed by atoms with Crippen LogP contribution in [0, 0.1) is 5.82 Å². The highest BCUT2D eigenvalue weighted by Gasteiger charge is 2.21. The Balaban J connectivity index is 1.50. The molecule has 6 heteroatoms. The fourth-order valence-corrected chi connectivity index (χ4v) is 4.68. The first-order chi connectivity index (χ1) is 14.1. The maximum Gasteiger partial charge on any atom is 0.337 e. The van der Waals surface area contributed by atoms with Crippen molar-refractivity contribution in [3.05, 3.63) is 83.4 Å². The molecule has 0 fully saturated rings. The number of benzene rings is 2. The second kappa shape index (κ2) is 8.66. The number of halogens is 1. The second-order valence-corrected chi connectivity index (χ2v) is 8.20. The lowest BCUT2D eigenvalue weighted by Crippen LogP contribution is -2.19. The highest BCUT2D eigenvalue weighted by molar-refractivity contribution is 7.99. The smallest absolute Gasteiger partial charge is 0.337 e. The van der Waals surface area contributed by atoms with Gasteiger partial charge < -0.3 is 10.4 Å². The van der Waals surface area contributed by atoms with Crippen molar-refractivity contribution in [2.75, 3.05) is 11.9 Å². The molecule has 1 atom stereocenters. The van der Waals surface area contributed by atoms with Gasteiger partial charge in [0, 0.05) is 28.5 Å². The van der Waals surface area contributed by atoms with Crippen LogP contribution in [0.1, 0.15) is 40.2 Å².